The average Bonchev–Trinajstić information content (AvgIpc) is 3.51. The van der Waals surface area contributed by atoms with Gasteiger partial charge < -0.3 is 9.73 Å². The molecule has 0 spiro atoms. The van der Waals surface area contributed by atoms with Gasteiger partial charge in [0.25, 0.3) is 0 Å². The predicted molar refractivity (Wildman–Crippen MR) is 186 cm³/mol. The fourth-order valence-corrected chi connectivity index (χ4v) is 6.57. The van der Waals surface area contributed by atoms with E-state index < -0.39 is 0 Å². The lowest BCUT2D eigenvalue weighted by atomic mass is 9.96. The van der Waals surface area contributed by atoms with Crippen molar-refractivity contribution < 1.29 is 4.42 Å². The van der Waals surface area contributed by atoms with Crippen LogP contribution in [0.2, 0.25) is 0 Å². The van der Waals surface area contributed by atoms with Crippen LogP contribution in [0, 0.1) is 0 Å². The summed E-state index contributed by atoms with van der Waals surface area (Å²) in [5, 5.41) is 10.5. The van der Waals surface area contributed by atoms with Gasteiger partial charge in [-0.2, -0.15) is 0 Å². The number of nitrogens with zero attached hydrogens (tertiary/aromatic N) is 2. The largest absolute Gasteiger partial charge is 0.455 e. The Balaban J connectivity index is 1.24. The Morgan fingerprint density at radius 1 is 0.533 bits per heavy atom. The lowest BCUT2D eigenvalue weighted by molar-refractivity contribution is 0.668. The molecule has 4 heteroatoms. The second-order valence-corrected chi connectivity index (χ2v) is 11.4. The van der Waals surface area contributed by atoms with Gasteiger partial charge in [0, 0.05) is 27.5 Å². The van der Waals surface area contributed by atoms with Crippen LogP contribution in [0.4, 0.5) is 0 Å². The zero-order valence-electron chi connectivity index (χ0n) is 24.3. The maximum absolute atomic E-state index is 6.68. The third kappa shape index (κ3) is 4.30. The molecule has 0 radical (unpaired) electrons. The molecule has 1 atom stereocenters. The fourth-order valence-electron chi connectivity index (χ4n) is 6.57. The van der Waals surface area contributed by atoms with Gasteiger partial charge in [-0.25, -0.2) is 9.98 Å². The minimum Gasteiger partial charge on any atom is -0.455 e. The van der Waals surface area contributed by atoms with Gasteiger partial charge in [0.05, 0.1) is 0 Å². The zero-order chi connectivity index (χ0) is 29.7. The van der Waals surface area contributed by atoms with Crippen molar-refractivity contribution in [3.05, 3.63) is 168 Å². The smallest absolute Gasteiger partial charge is 0.159 e. The van der Waals surface area contributed by atoms with Gasteiger partial charge in [0.2, 0.25) is 0 Å². The molecule has 45 heavy (non-hydrogen) atoms. The topological polar surface area (TPSA) is 49.9 Å². The number of rotatable bonds is 4. The summed E-state index contributed by atoms with van der Waals surface area (Å²) < 4.78 is 6.68. The highest BCUT2D eigenvalue weighted by molar-refractivity contribution is 6.23. The first-order chi connectivity index (χ1) is 22.3. The minimum absolute atomic E-state index is 0.292. The van der Waals surface area contributed by atoms with E-state index in [9.17, 15) is 0 Å². The van der Waals surface area contributed by atoms with Gasteiger partial charge in [-0.15, -0.1) is 0 Å². The molecule has 0 saturated heterocycles. The first-order valence-electron chi connectivity index (χ1n) is 15.2. The molecule has 1 unspecified atom stereocenters. The van der Waals surface area contributed by atoms with E-state index in [2.05, 4.69) is 127 Å². The molecule has 1 N–H and O–H groups in total. The number of fused-ring (bicyclic) bond motifs is 5. The monoisotopic (exact) mass is 577 g/mol. The molecule has 2 heterocycles. The predicted octanol–water partition coefficient (Wildman–Crippen LogP) is 10.1. The molecule has 0 aliphatic carbocycles. The van der Waals surface area contributed by atoms with E-state index in [1.807, 2.05) is 30.3 Å². The summed E-state index contributed by atoms with van der Waals surface area (Å²) in [6.45, 7) is 0. The molecule has 0 amide bonds. The van der Waals surface area contributed by atoms with Crippen LogP contribution < -0.4 is 5.32 Å². The molecular weight excluding hydrogens is 550 g/mol. The number of nitrogens with one attached hydrogen (secondary N) is 1. The Morgan fingerprint density at radius 2 is 1.22 bits per heavy atom. The van der Waals surface area contributed by atoms with Crippen molar-refractivity contribution in [3.8, 4) is 11.1 Å². The van der Waals surface area contributed by atoms with Crippen LogP contribution in [0.5, 0.6) is 0 Å². The van der Waals surface area contributed by atoms with Gasteiger partial charge in [0.15, 0.2) is 5.84 Å². The molecule has 0 bridgehead atoms. The standard InChI is InChI=1S/C41H27N3O/c1-2-13-28(14-3-1)39-42-40(30-24-23-26-11-4-5-15-29(26)25-30)44-41(43-39)35-21-10-22-36-37(35)34-20-9-19-33(38(34)45-36)32-18-8-16-27-12-6-7-17-31(27)32/h1-25,39H,(H,42,43,44). The first-order valence-corrected chi connectivity index (χ1v) is 15.2. The van der Waals surface area contributed by atoms with E-state index in [0.29, 0.717) is 5.84 Å². The summed E-state index contributed by atoms with van der Waals surface area (Å²) in [5.41, 5.74) is 6.96. The Bertz CT molecular complexity index is 2470. The first kappa shape index (κ1) is 25.5. The molecule has 1 aliphatic rings. The van der Waals surface area contributed by atoms with Gasteiger partial charge in [-0.3, -0.25) is 0 Å². The van der Waals surface area contributed by atoms with Crippen molar-refractivity contribution in [3.63, 3.8) is 0 Å². The molecule has 4 nitrogen and oxygen atoms in total. The molecule has 7 aromatic carbocycles. The fraction of sp³-hybridized carbons (Fsp3) is 0.0244. The van der Waals surface area contributed by atoms with Crippen LogP contribution in [0.25, 0.3) is 54.6 Å². The normalized spacial score (nSPS) is 14.9. The van der Waals surface area contributed by atoms with Crippen molar-refractivity contribution in [2.45, 2.75) is 6.17 Å². The summed E-state index contributed by atoms with van der Waals surface area (Å²) in [6, 6.07) is 52.7. The van der Waals surface area contributed by atoms with E-state index in [1.165, 1.54) is 16.2 Å². The second kappa shape index (κ2) is 10.3. The Morgan fingerprint density at radius 3 is 2.13 bits per heavy atom. The van der Waals surface area contributed by atoms with Crippen LogP contribution >= 0.6 is 0 Å². The molecular formula is C41H27N3O. The third-order valence-corrected chi connectivity index (χ3v) is 8.72. The lowest BCUT2D eigenvalue weighted by Crippen LogP contribution is -2.33. The van der Waals surface area contributed by atoms with E-state index >= 15 is 0 Å². The number of amidine groups is 2. The molecule has 0 fully saturated rings. The molecule has 212 valence electrons. The van der Waals surface area contributed by atoms with E-state index in [-0.39, 0.29) is 6.17 Å². The van der Waals surface area contributed by atoms with Crippen LogP contribution in [-0.2, 0) is 0 Å². The van der Waals surface area contributed by atoms with E-state index in [0.717, 1.165) is 61.0 Å². The summed E-state index contributed by atoms with van der Waals surface area (Å²) in [7, 11) is 0. The number of para-hydroxylation sites is 1. The molecule has 8 aromatic rings. The summed E-state index contributed by atoms with van der Waals surface area (Å²) >= 11 is 0. The maximum atomic E-state index is 6.68. The summed E-state index contributed by atoms with van der Waals surface area (Å²) in [6.07, 6.45) is -0.292. The summed E-state index contributed by atoms with van der Waals surface area (Å²) in [5.74, 6) is 1.47. The van der Waals surface area contributed by atoms with Gasteiger partial charge >= 0.3 is 0 Å². The van der Waals surface area contributed by atoms with Crippen LogP contribution in [0.3, 0.4) is 0 Å². The van der Waals surface area contributed by atoms with E-state index in [1.54, 1.807) is 0 Å². The SMILES string of the molecule is c1ccc(C2N=C(c3ccc4ccccc4c3)N=C(c3cccc4oc5c(-c6cccc7ccccc67)cccc5c34)N2)cc1. The van der Waals surface area contributed by atoms with Crippen molar-refractivity contribution in [2.24, 2.45) is 9.98 Å². The number of aliphatic imine (C=N–C) groups is 2. The molecule has 1 aromatic heterocycles. The van der Waals surface area contributed by atoms with Crippen molar-refractivity contribution >= 4 is 55.2 Å². The van der Waals surface area contributed by atoms with Gasteiger partial charge in [0.1, 0.15) is 23.2 Å². The number of furan rings is 1. The minimum atomic E-state index is -0.292. The Labute approximate surface area is 260 Å². The van der Waals surface area contributed by atoms with Crippen molar-refractivity contribution in [1.29, 1.82) is 0 Å². The average molecular weight is 578 g/mol. The quantitative estimate of drug-likeness (QED) is 0.226. The summed E-state index contributed by atoms with van der Waals surface area (Å²) in [4.78, 5) is 10.3. The highest BCUT2D eigenvalue weighted by atomic mass is 16.3. The number of hydrogen-bond donors (Lipinski definition) is 1. The number of benzene rings is 7. The van der Waals surface area contributed by atoms with E-state index in [4.69, 9.17) is 14.4 Å². The lowest BCUT2D eigenvalue weighted by Gasteiger charge is -2.24. The maximum Gasteiger partial charge on any atom is 0.159 e. The van der Waals surface area contributed by atoms with Gasteiger partial charge in [-0.1, -0.05) is 140 Å². The second-order valence-electron chi connectivity index (χ2n) is 11.4. The van der Waals surface area contributed by atoms with Crippen LogP contribution in [-0.4, -0.2) is 11.7 Å². The number of hydrogen-bond acceptors (Lipinski definition) is 4. The third-order valence-electron chi connectivity index (χ3n) is 8.72. The Hall–Kier alpha value is -6.00. The van der Waals surface area contributed by atoms with Crippen molar-refractivity contribution in [2.75, 3.05) is 0 Å². The van der Waals surface area contributed by atoms with Crippen LogP contribution in [0.1, 0.15) is 22.9 Å². The zero-order valence-corrected chi connectivity index (χ0v) is 24.3. The van der Waals surface area contributed by atoms with Crippen LogP contribution in [0.15, 0.2) is 166 Å². The molecule has 9 rings (SSSR count). The molecule has 1 aliphatic heterocycles. The molecule has 0 saturated carbocycles. The van der Waals surface area contributed by atoms with Gasteiger partial charge in [-0.05, 0) is 44.8 Å². The highest BCUT2D eigenvalue weighted by Gasteiger charge is 2.24. The Kier molecular flexibility index (Phi) is 5.85. The highest BCUT2D eigenvalue weighted by Crippen LogP contribution is 2.40. The van der Waals surface area contributed by atoms with Crippen molar-refractivity contribution in [1.82, 2.24) is 5.32 Å².